The highest BCUT2D eigenvalue weighted by Gasteiger charge is 2.19. The molecular formula is C15H11ClN4O. The van der Waals surface area contributed by atoms with Crippen LogP contribution in [0.25, 0.3) is 11.1 Å². The van der Waals surface area contributed by atoms with Gasteiger partial charge in [-0.3, -0.25) is 4.79 Å². The molecule has 3 N–H and O–H groups in total. The molecule has 0 saturated heterocycles. The van der Waals surface area contributed by atoms with Crippen LogP contribution in [0.15, 0.2) is 16.9 Å². The molecule has 6 heteroatoms. The fourth-order valence-corrected chi connectivity index (χ4v) is 2.33. The van der Waals surface area contributed by atoms with Gasteiger partial charge in [-0.2, -0.15) is 10.5 Å². The minimum Gasteiger partial charge on any atom is -0.384 e. The number of halogens is 1. The van der Waals surface area contributed by atoms with Crippen LogP contribution in [0.5, 0.6) is 0 Å². The monoisotopic (exact) mass is 298 g/mol. The number of pyridine rings is 1. The van der Waals surface area contributed by atoms with E-state index in [4.69, 9.17) is 17.3 Å². The fourth-order valence-electron chi connectivity index (χ4n) is 2.22. The number of hydrogen-bond acceptors (Lipinski definition) is 4. The number of aryl methyl sites for hydroxylation is 2. The largest absolute Gasteiger partial charge is 0.384 e. The van der Waals surface area contributed by atoms with Gasteiger partial charge in [-0.25, -0.2) is 0 Å². The molecular weight excluding hydrogens is 288 g/mol. The predicted molar refractivity (Wildman–Crippen MR) is 80.8 cm³/mol. The quantitative estimate of drug-likeness (QED) is 0.843. The zero-order valence-electron chi connectivity index (χ0n) is 11.4. The number of rotatable bonds is 1. The first-order valence-corrected chi connectivity index (χ1v) is 6.41. The van der Waals surface area contributed by atoms with Gasteiger partial charge < -0.3 is 10.7 Å². The molecule has 1 heterocycles. The van der Waals surface area contributed by atoms with E-state index in [9.17, 15) is 15.3 Å². The number of anilines is 1. The summed E-state index contributed by atoms with van der Waals surface area (Å²) in [5.74, 6) is -0.0539. The van der Waals surface area contributed by atoms with Gasteiger partial charge in [-0.05, 0) is 42.7 Å². The van der Waals surface area contributed by atoms with Crippen LogP contribution in [0.2, 0.25) is 5.02 Å². The average Bonchev–Trinajstić information content (AvgIpc) is 2.43. The first-order chi connectivity index (χ1) is 9.90. The zero-order chi connectivity index (χ0) is 15.7. The number of aromatic amines is 1. The molecule has 0 amide bonds. The van der Waals surface area contributed by atoms with Crippen LogP contribution in [0.3, 0.4) is 0 Å². The van der Waals surface area contributed by atoms with E-state index in [-0.39, 0.29) is 22.5 Å². The van der Waals surface area contributed by atoms with Crippen LogP contribution in [-0.2, 0) is 0 Å². The summed E-state index contributed by atoms with van der Waals surface area (Å²) in [4.78, 5) is 14.2. The molecule has 0 aliphatic heterocycles. The zero-order valence-corrected chi connectivity index (χ0v) is 12.2. The lowest BCUT2D eigenvalue weighted by Crippen LogP contribution is -2.16. The van der Waals surface area contributed by atoms with Crippen molar-refractivity contribution in [2.24, 2.45) is 0 Å². The number of benzene rings is 1. The van der Waals surface area contributed by atoms with E-state index >= 15 is 0 Å². The second kappa shape index (κ2) is 5.32. The van der Waals surface area contributed by atoms with E-state index in [0.717, 1.165) is 11.1 Å². The van der Waals surface area contributed by atoms with Crippen molar-refractivity contribution >= 4 is 17.4 Å². The van der Waals surface area contributed by atoms with Gasteiger partial charge in [0.25, 0.3) is 5.56 Å². The Hall–Kier alpha value is -2.76. The molecule has 0 radical (unpaired) electrons. The van der Waals surface area contributed by atoms with Crippen LogP contribution in [-0.4, -0.2) is 4.98 Å². The van der Waals surface area contributed by atoms with E-state index in [1.807, 2.05) is 26.0 Å². The van der Waals surface area contributed by atoms with Crippen LogP contribution in [0, 0.1) is 36.5 Å². The van der Waals surface area contributed by atoms with E-state index in [1.54, 1.807) is 12.1 Å². The number of nitrogens with zero attached hydrogens (tertiary/aromatic N) is 2. The normalized spacial score (nSPS) is 9.95. The highest BCUT2D eigenvalue weighted by atomic mass is 35.5. The third-order valence-electron chi connectivity index (χ3n) is 3.19. The van der Waals surface area contributed by atoms with Gasteiger partial charge in [0.05, 0.1) is 0 Å². The molecule has 0 unspecified atom stereocenters. The number of nitrogens with two attached hydrogens (primary N) is 1. The number of nitriles is 2. The summed E-state index contributed by atoms with van der Waals surface area (Å²) in [7, 11) is 0. The van der Waals surface area contributed by atoms with Crippen LogP contribution in [0.1, 0.15) is 22.3 Å². The topological polar surface area (TPSA) is 106 Å². The smallest absolute Gasteiger partial charge is 0.268 e. The number of nitrogen functional groups attached to an aromatic ring is 1. The van der Waals surface area contributed by atoms with Gasteiger partial charge in [-0.15, -0.1) is 0 Å². The van der Waals surface area contributed by atoms with Crippen molar-refractivity contribution in [1.82, 2.24) is 4.98 Å². The number of H-pyrrole nitrogens is 1. The summed E-state index contributed by atoms with van der Waals surface area (Å²) in [5, 5.41) is 19.1. The Morgan fingerprint density at radius 3 is 2.14 bits per heavy atom. The highest BCUT2D eigenvalue weighted by Crippen LogP contribution is 2.32. The number of nitrogens with one attached hydrogen (secondary N) is 1. The summed E-state index contributed by atoms with van der Waals surface area (Å²) >= 11 is 6.12. The number of hydrogen-bond donors (Lipinski definition) is 2. The van der Waals surface area contributed by atoms with E-state index in [2.05, 4.69) is 4.98 Å². The first-order valence-electron chi connectivity index (χ1n) is 6.03. The molecule has 5 nitrogen and oxygen atoms in total. The second-order valence-corrected chi connectivity index (χ2v) is 5.02. The minimum absolute atomic E-state index is 0.0539. The lowest BCUT2D eigenvalue weighted by molar-refractivity contribution is 1.21. The van der Waals surface area contributed by atoms with Gasteiger partial charge in [0, 0.05) is 10.6 Å². The molecule has 0 atom stereocenters. The van der Waals surface area contributed by atoms with Crippen molar-refractivity contribution in [3.05, 3.63) is 49.8 Å². The van der Waals surface area contributed by atoms with E-state index < -0.39 is 5.56 Å². The van der Waals surface area contributed by atoms with Crippen LogP contribution in [0.4, 0.5) is 5.82 Å². The molecule has 0 spiro atoms. The summed E-state index contributed by atoms with van der Waals surface area (Å²) in [6.07, 6.45) is 0. The van der Waals surface area contributed by atoms with Gasteiger partial charge >= 0.3 is 0 Å². The molecule has 0 aliphatic rings. The van der Waals surface area contributed by atoms with Crippen molar-refractivity contribution < 1.29 is 0 Å². The molecule has 104 valence electrons. The Morgan fingerprint density at radius 1 is 1.14 bits per heavy atom. The lowest BCUT2D eigenvalue weighted by Gasteiger charge is -2.11. The fraction of sp³-hybridized carbons (Fsp3) is 0.133. The SMILES string of the molecule is Cc1cc(-c2c(C#N)c(N)[nH]c(=O)c2C#N)cc(C)c1Cl. The Balaban J connectivity index is 2.97. The molecule has 0 saturated carbocycles. The van der Waals surface area contributed by atoms with Crippen molar-refractivity contribution in [3.8, 4) is 23.3 Å². The van der Waals surface area contributed by atoms with Crippen LogP contribution < -0.4 is 11.3 Å². The summed E-state index contributed by atoms with van der Waals surface area (Å²) in [5.41, 5.74) is 7.40. The minimum atomic E-state index is -0.616. The van der Waals surface area contributed by atoms with E-state index in [0.29, 0.717) is 10.6 Å². The number of aromatic nitrogens is 1. The lowest BCUT2D eigenvalue weighted by atomic mass is 9.94. The second-order valence-electron chi connectivity index (χ2n) is 4.64. The Bertz CT molecular complexity index is 861. The summed E-state index contributed by atoms with van der Waals surface area (Å²) < 4.78 is 0. The van der Waals surface area contributed by atoms with Crippen molar-refractivity contribution in [1.29, 1.82) is 10.5 Å². The van der Waals surface area contributed by atoms with E-state index in [1.165, 1.54) is 0 Å². The maximum atomic E-state index is 11.9. The molecule has 2 aromatic rings. The van der Waals surface area contributed by atoms with Gasteiger partial charge in [0.15, 0.2) is 0 Å². The maximum Gasteiger partial charge on any atom is 0.268 e. The Kier molecular flexibility index (Phi) is 3.71. The molecule has 1 aromatic heterocycles. The van der Waals surface area contributed by atoms with Crippen molar-refractivity contribution in [2.75, 3.05) is 5.73 Å². The molecule has 0 fully saturated rings. The third kappa shape index (κ3) is 2.35. The average molecular weight is 299 g/mol. The molecule has 0 bridgehead atoms. The predicted octanol–water partition coefficient (Wildman–Crippen LogP) is 2.64. The summed E-state index contributed by atoms with van der Waals surface area (Å²) in [6, 6.07) is 7.23. The maximum absolute atomic E-state index is 11.9. The molecule has 2 rings (SSSR count). The van der Waals surface area contributed by atoms with Crippen molar-refractivity contribution in [2.45, 2.75) is 13.8 Å². The Morgan fingerprint density at radius 2 is 1.67 bits per heavy atom. The molecule has 1 aromatic carbocycles. The first kappa shape index (κ1) is 14.6. The summed E-state index contributed by atoms with van der Waals surface area (Å²) in [6.45, 7) is 3.63. The van der Waals surface area contributed by atoms with Crippen molar-refractivity contribution in [3.63, 3.8) is 0 Å². The highest BCUT2D eigenvalue weighted by molar-refractivity contribution is 6.32. The molecule has 0 aliphatic carbocycles. The van der Waals surface area contributed by atoms with Crippen LogP contribution >= 0.6 is 11.6 Å². The van der Waals surface area contributed by atoms with Gasteiger partial charge in [-0.1, -0.05) is 11.6 Å². The van der Waals surface area contributed by atoms with Gasteiger partial charge in [0.2, 0.25) is 0 Å². The molecule has 21 heavy (non-hydrogen) atoms. The Labute approximate surface area is 126 Å². The van der Waals surface area contributed by atoms with Gasteiger partial charge in [0.1, 0.15) is 29.1 Å². The third-order valence-corrected chi connectivity index (χ3v) is 3.79. The standard InChI is InChI=1S/C15H11ClN4O/c1-7-3-9(4-8(2)13(7)16)12-10(5-17)14(19)20-15(21)11(12)6-18/h3-4H,1-2H3,(H3,19,20,21).